The molecule has 0 saturated carbocycles. The molecule has 0 saturated heterocycles. The Morgan fingerprint density at radius 2 is 1.96 bits per heavy atom. The molecule has 2 aromatic heterocycles. The molecule has 2 heterocycles. The lowest BCUT2D eigenvalue weighted by Crippen LogP contribution is -2.43. The molecule has 0 radical (unpaired) electrons. The summed E-state index contributed by atoms with van der Waals surface area (Å²) in [7, 11) is 0. The summed E-state index contributed by atoms with van der Waals surface area (Å²) in [5.74, 6) is 0.858. The van der Waals surface area contributed by atoms with E-state index in [-0.39, 0.29) is 30.0 Å². The van der Waals surface area contributed by atoms with Crippen molar-refractivity contribution in [2.24, 2.45) is 5.92 Å². The number of hydrogen-bond donors (Lipinski definition) is 0. The van der Waals surface area contributed by atoms with E-state index in [4.69, 9.17) is 4.42 Å². The molecule has 1 atom stereocenters. The molecule has 0 spiro atoms. The summed E-state index contributed by atoms with van der Waals surface area (Å²) in [5.41, 5.74) is 0.420. The fraction of sp³-hybridized carbons (Fsp3) is 0.350. The number of carbonyl (C=O) groups excluding carboxylic acids is 1. The van der Waals surface area contributed by atoms with Crippen molar-refractivity contribution < 1.29 is 9.21 Å². The molecular weight excluding hydrogens is 330 g/mol. The van der Waals surface area contributed by atoms with Crippen LogP contribution in [-0.4, -0.2) is 26.4 Å². The number of carbonyl (C=O) groups is 1. The quantitative estimate of drug-likeness (QED) is 0.683. The summed E-state index contributed by atoms with van der Waals surface area (Å²) in [6.45, 7) is 6.47. The van der Waals surface area contributed by atoms with Gasteiger partial charge in [0.2, 0.25) is 5.91 Å². The maximum absolute atomic E-state index is 13.0. The van der Waals surface area contributed by atoms with Crippen LogP contribution in [0.25, 0.3) is 10.9 Å². The molecule has 0 unspecified atom stereocenters. The molecule has 0 aliphatic carbocycles. The fourth-order valence-corrected chi connectivity index (χ4v) is 2.84. The summed E-state index contributed by atoms with van der Waals surface area (Å²) in [5, 5.41) is 0.511. The number of amides is 1. The summed E-state index contributed by atoms with van der Waals surface area (Å²) < 4.78 is 6.77. The Morgan fingerprint density at radius 3 is 2.65 bits per heavy atom. The van der Waals surface area contributed by atoms with E-state index in [1.54, 1.807) is 35.4 Å². The predicted molar refractivity (Wildman–Crippen MR) is 99.6 cm³/mol. The molecule has 136 valence electrons. The van der Waals surface area contributed by atoms with Crippen LogP contribution in [0.5, 0.6) is 0 Å². The van der Waals surface area contributed by atoms with E-state index in [1.165, 1.54) is 10.9 Å². The van der Waals surface area contributed by atoms with Gasteiger partial charge in [-0.2, -0.15) is 0 Å². The number of furan rings is 1. The highest BCUT2D eigenvalue weighted by Gasteiger charge is 2.24. The standard InChI is InChI=1S/C20H23N3O3/c1-14(2)15(3)23(11-16-7-6-10-26-16)19(24)12-22-13-21-18-9-5-4-8-17(18)20(22)25/h4-10,13-15H,11-12H2,1-3H3/t15-/m1/s1. The van der Waals surface area contributed by atoms with Gasteiger partial charge >= 0.3 is 0 Å². The van der Waals surface area contributed by atoms with Crippen LogP contribution in [0.1, 0.15) is 26.5 Å². The normalized spacial score (nSPS) is 12.5. The van der Waals surface area contributed by atoms with Crippen molar-refractivity contribution in [3.8, 4) is 0 Å². The smallest absolute Gasteiger partial charge is 0.261 e. The first-order valence-corrected chi connectivity index (χ1v) is 8.73. The average molecular weight is 353 g/mol. The highest BCUT2D eigenvalue weighted by molar-refractivity contribution is 5.79. The second-order valence-corrected chi connectivity index (χ2v) is 6.78. The first-order chi connectivity index (χ1) is 12.5. The van der Waals surface area contributed by atoms with Crippen molar-refractivity contribution in [3.05, 3.63) is 65.1 Å². The summed E-state index contributed by atoms with van der Waals surface area (Å²) in [6.07, 6.45) is 3.03. The molecule has 0 N–H and O–H groups in total. The maximum Gasteiger partial charge on any atom is 0.261 e. The summed E-state index contributed by atoms with van der Waals surface area (Å²) in [6, 6.07) is 10.8. The van der Waals surface area contributed by atoms with Crippen molar-refractivity contribution in [1.29, 1.82) is 0 Å². The van der Waals surface area contributed by atoms with E-state index in [0.29, 0.717) is 17.4 Å². The van der Waals surface area contributed by atoms with E-state index in [2.05, 4.69) is 18.8 Å². The minimum Gasteiger partial charge on any atom is -0.467 e. The first-order valence-electron chi connectivity index (χ1n) is 8.73. The van der Waals surface area contributed by atoms with Gasteiger partial charge in [-0.1, -0.05) is 26.0 Å². The fourth-order valence-electron chi connectivity index (χ4n) is 2.84. The molecular formula is C20H23N3O3. The van der Waals surface area contributed by atoms with Gasteiger partial charge in [0, 0.05) is 6.04 Å². The minimum absolute atomic E-state index is 0.0108. The van der Waals surface area contributed by atoms with Gasteiger partial charge in [-0.25, -0.2) is 4.98 Å². The molecule has 0 aliphatic rings. The third-order valence-corrected chi connectivity index (χ3v) is 4.72. The minimum atomic E-state index is -0.209. The topological polar surface area (TPSA) is 68.3 Å². The number of rotatable bonds is 6. The zero-order valence-corrected chi connectivity index (χ0v) is 15.3. The van der Waals surface area contributed by atoms with Gasteiger partial charge in [-0.15, -0.1) is 0 Å². The second kappa shape index (κ2) is 7.56. The number of nitrogens with zero attached hydrogens (tertiary/aromatic N) is 3. The Kier molecular flexibility index (Phi) is 5.21. The van der Waals surface area contributed by atoms with E-state index in [1.807, 2.05) is 19.1 Å². The highest BCUT2D eigenvalue weighted by Crippen LogP contribution is 2.16. The second-order valence-electron chi connectivity index (χ2n) is 6.78. The van der Waals surface area contributed by atoms with Gasteiger partial charge in [-0.3, -0.25) is 14.2 Å². The maximum atomic E-state index is 13.0. The van der Waals surface area contributed by atoms with Crippen LogP contribution in [0.2, 0.25) is 0 Å². The number of fused-ring (bicyclic) bond motifs is 1. The lowest BCUT2D eigenvalue weighted by molar-refractivity contribution is -0.135. The molecule has 3 rings (SSSR count). The van der Waals surface area contributed by atoms with Crippen molar-refractivity contribution in [3.63, 3.8) is 0 Å². The molecule has 0 bridgehead atoms. The average Bonchev–Trinajstić information content (AvgIpc) is 3.14. The Balaban J connectivity index is 1.87. The van der Waals surface area contributed by atoms with Crippen molar-refractivity contribution in [2.75, 3.05) is 0 Å². The number of hydrogen-bond acceptors (Lipinski definition) is 4. The zero-order chi connectivity index (χ0) is 18.7. The Bertz CT molecular complexity index is 944. The first kappa shape index (κ1) is 17.9. The van der Waals surface area contributed by atoms with Crippen LogP contribution in [0, 0.1) is 5.92 Å². The Hall–Kier alpha value is -2.89. The van der Waals surface area contributed by atoms with E-state index in [0.717, 1.165) is 5.76 Å². The third kappa shape index (κ3) is 3.69. The van der Waals surface area contributed by atoms with Gasteiger partial charge in [0.1, 0.15) is 12.3 Å². The van der Waals surface area contributed by atoms with E-state index < -0.39 is 0 Å². The largest absolute Gasteiger partial charge is 0.467 e. The summed E-state index contributed by atoms with van der Waals surface area (Å²) in [4.78, 5) is 31.6. The van der Waals surface area contributed by atoms with Crippen LogP contribution in [-0.2, 0) is 17.9 Å². The van der Waals surface area contributed by atoms with Gasteiger partial charge in [0.05, 0.1) is 30.0 Å². The van der Waals surface area contributed by atoms with Crippen molar-refractivity contribution >= 4 is 16.8 Å². The Labute approximate surface area is 152 Å². The molecule has 0 aliphatic heterocycles. The van der Waals surface area contributed by atoms with Crippen LogP contribution in [0.15, 0.2) is 58.2 Å². The van der Waals surface area contributed by atoms with Crippen LogP contribution in [0.4, 0.5) is 0 Å². The zero-order valence-electron chi connectivity index (χ0n) is 15.3. The molecule has 6 nitrogen and oxygen atoms in total. The Morgan fingerprint density at radius 1 is 1.19 bits per heavy atom. The predicted octanol–water partition coefficient (Wildman–Crippen LogP) is 3.06. The molecule has 1 amide bonds. The van der Waals surface area contributed by atoms with Crippen LogP contribution >= 0.6 is 0 Å². The van der Waals surface area contributed by atoms with Crippen LogP contribution < -0.4 is 5.56 Å². The number of benzene rings is 1. The van der Waals surface area contributed by atoms with E-state index >= 15 is 0 Å². The van der Waals surface area contributed by atoms with Gasteiger partial charge < -0.3 is 9.32 Å². The van der Waals surface area contributed by atoms with Crippen LogP contribution in [0.3, 0.4) is 0 Å². The molecule has 3 aromatic rings. The monoisotopic (exact) mass is 353 g/mol. The lowest BCUT2D eigenvalue weighted by atomic mass is 10.0. The summed E-state index contributed by atoms with van der Waals surface area (Å²) >= 11 is 0. The molecule has 6 heteroatoms. The number of aromatic nitrogens is 2. The molecule has 26 heavy (non-hydrogen) atoms. The third-order valence-electron chi connectivity index (χ3n) is 4.72. The van der Waals surface area contributed by atoms with Gasteiger partial charge in [0.25, 0.3) is 5.56 Å². The molecule has 0 fully saturated rings. The van der Waals surface area contributed by atoms with Crippen molar-refractivity contribution in [1.82, 2.24) is 14.5 Å². The SMILES string of the molecule is CC(C)[C@@H](C)N(Cc1ccco1)C(=O)Cn1cnc2ccccc2c1=O. The lowest BCUT2D eigenvalue weighted by Gasteiger charge is -2.31. The number of para-hydroxylation sites is 1. The van der Waals surface area contributed by atoms with Gasteiger partial charge in [0.15, 0.2) is 0 Å². The molecule has 1 aromatic carbocycles. The highest BCUT2D eigenvalue weighted by atomic mass is 16.3. The van der Waals surface area contributed by atoms with Gasteiger partial charge in [-0.05, 0) is 37.1 Å². The van der Waals surface area contributed by atoms with E-state index in [9.17, 15) is 9.59 Å². The van der Waals surface area contributed by atoms with Crippen molar-refractivity contribution in [2.45, 2.75) is 39.9 Å².